The van der Waals surface area contributed by atoms with E-state index in [1.54, 1.807) is 32.9 Å². The van der Waals surface area contributed by atoms with Gasteiger partial charge in [0, 0.05) is 16.7 Å². The Bertz CT molecular complexity index is 981. The smallest absolute Gasteiger partial charge is 0.308 e. The summed E-state index contributed by atoms with van der Waals surface area (Å²) in [6.45, 7) is 9.07. The molecule has 0 aromatic heterocycles. The fourth-order valence-electron chi connectivity index (χ4n) is 8.16. The minimum Gasteiger partial charge on any atom is -0.457 e. The number of fused-ring (bicyclic) bond motifs is 7. The molecule has 7 heteroatoms. The number of aliphatic hydroxyl groups is 1. The molecule has 4 fully saturated rings. The van der Waals surface area contributed by atoms with Crippen LogP contribution in [0.15, 0.2) is 23.8 Å². The molecule has 0 amide bonds. The van der Waals surface area contributed by atoms with Gasteiger partial charge >= 0.3 is 5.97 Å². The SMILES string of the molecule is CC(C)C(=O)OCC(=O)[C@@]12O[C@H](C)O[C@@H]1CC1C3CCC4=CC(=O)C=C[C@]4(C)C3[C@@H](O)C[C@@]12C. The lowest BCUT2D eigenvalue weighted by molar-refractivity contribution is -0.198. The van der Waals surface area contributed by atoms with Crippen LogP contribution in [-0.2, 0) is 28.6 Å². The predicted molar refractivity (Wildman–Crippen MR) is 122 cm³/mol. The van der Waals surface area contributed by atoms with Crippen molar-refractivity contribution in [3.05, 3.63) is 23.8 Å². The maximum Gasteiger partial charge on any atom is 0.308 e. The highest BCUT2D eigenvalue weighted by atomic mass is 16.7. The van der Waals surface area contributed by atoms with Gasteiger partial charge in [0.2, 0.25) is 5.78 Å². The molecule has 1 N–H and O–H groups in total. The van der Waals surface area contributed by atoms with Gasteiger partial charge in [-0.3, -0.25) is 14.4 Å². The molecule has 34 heavy (non-hydrogen) atoms. The monoisotopic (exact) mass is 472 g/mol. The summed E-state index contributed by atoms with van der Waals surface area (Å²) in [5.74, 6) is -0.806. The molecule has 0 radical (unpaired) electrons. The van der Waals surface area contributed by atoms with Crippen LogP contribution in [0.5, 0.6) is 0 Å². The number of hydrogen-bond donors (Lipinski definition) is 1. The molecule has 3 saturated carbocycles. The number of carbonyl (C=O) groups is 3. The maximum absolute atomic E-state index is 13.8. The van der Waals surface area contributed by atoms with Crippen LogP contribution in [0.3, 0.4) is 0 Å². The van der Waals surface area contributed by atoms with E-state index in [9.17, 15) is 19.5 Å². The first kappa shape index (κ1) is 23.9. The molecule has 7 nitrogen and oxygen atoms in total. The summed E-state index contributed by atoms with van der Waals surface area (Å²) in [6.07, 6.45) is 6.37. The van der Waals surface area contributed by atoms with Crippen molar-refractivity contribution in [3.8, 4) is 0 Å². The zero-order chi connectivity index (χ0) is 24.6. The van der Waals surface area contributed by atoms with Crippen LogP contribution in [-0.4, -0.2) is 53.3 Å². The van der Waals surface area contributed by atoms with E-state index in [4.69, 9.17) is 14.2 Å². The second-order valence-electron chi connectivity index (χ2n) is 11.7. The zero-order valence-corrected chi connectivity index (χ0v) is 20.7. The van der Waals surface area contributed by atoms with Crippen LogP contribution in [0, 0.1) is 34.5 Å². The minimum absolute atomic E-state index is 0.00717. The van der Waals surface area contributed by atoms with E-state index in [0.29, 0.717) is 12.8 Å². The third kappa shape index (κ3) is 3.09. The van der Waals surface area contributed by atoms with E-state index >= 15 is 0 Å². The standard InChI is InChI=1S/C27H36O7/c1-14(2)24(31)32-13-21(30)27-22(33-15(3)34-27)11-19-18-7-6-16-10-17(28)8-9-25(16,4)23(18)20(29)12-26(19,27)5/h8-10,14-15,18-20,22-23,29H,6-7,11-13H2,1-5H3/t15-,18?,19?,20+,22-,23?,25+,26+,27-/m1/s1. The fourth-order valence-corrected chi connectivity index (χ4v) is 8.16. The highest BCUT2D eigenvalue weighted by molar-refractivity contribution is 6.01. The third-order valence-corrected chi connectivity index (χ3v) is 9.59. The van der Waals surface area contributed by atoms with Gasteiger partial charge in [-0.25, -0.2) is 0 Å². The number of carbonyl (C=O) groups excluding carboxylic acids is 3. The Morgan fingerprint density at radius 3 is 2.74 bits per heavy atom. The van der Waals surface area contributed by atoms with Crippen molar-refractivity contribution < 1.29 is 33.7 Å². The molecule has 0 spiro atoms. The number of esters is 1. The molecule has 1 heterocycles. The van der Waals surface area contributed by atoms with Crippen molar-refractivity contribution in [2.75, 3.05) is 6.61 Å². The van der Waals surface area contributed by atoms with E-state index in [1.165, 1.54) is 0 Å². The molecule has 3 unspecified atom stereocenters. The Kier molecular flexibility index (Phi) is 5.51. The summed E-state index contributed by atoms with van der Waals surface area (Å²) < 4.78 is 17.8. The molecule has 0 aromatic carbocycles. The summed E-state index contributed by atoms with van der Waals surface area (Å²) in [5, 5.41) is 11.6. The van der Waals surface area contributed by atoms with Gasteiger partial charge in [0.25, 0.3) is 0 Å². The normalized spacial score (nSPS) is 46.9. The Morgan fingerprint density at radius 1 is 1.29 bits per heavy atom. The maximum atomic E-state index is 13.8. The van der Waals surface area contributed by atoms with Crippen molar-refractivity contribution in [1.82, 2.24) is 0 Å². The minimum atomic E-state index is -1.25. The van der Waals surface area contributed by atoms with Crippen LogP contribution in [0.1, 0.15) is 60.3 Å². The van der Waals surface area contributed by atoms with Gasteiger partial charge in [0.05, 0.1) is 18.1 Å². The van der Waals surface area contributed by atoms with Crippen molar-refractivity contribution in [1.29, 1.82) is 0 Å². The number of Topliss-reactive ketones (excluding diaryl/α,β-unsaturated/α-hetero) is 1. The Hall–Kier alpha value is -1.83. The summed E-state index contributed by atoms with van der Waals surface area (Å²) in [7, 11) is 0. The van der Waals surface area contributed by atoms with Gasteiger partial charge in [0.1, 0.15) is 0 Å². The summed E-state index contributed by atoms with van der Waals surface area (Å²) >= 11 is 0. The highest BCUT2D eigenvalue weighted by Gasteiger charge is 2.75. The zero-order valence-electron chi connectivity index (χ0n) is 20.7. The molecule has 5 aliphatic rings. The highest BCUT2D eigenvalue weighted by Crippen LogP contribution is 2.69. The average molecular weight is 473 g/mol. The third-order valence-electron chi connectivity index (χ3n) is 9.59. The van der Waals surface area contributed by atoms with Crippen LogP contribution in [0.2, 0.25) is 0 Å². The first-order valence-corrected chi connectivity index (χ1v) is 12.6. The topological polar surface area (TPSA) is 99.1 Å². The van der Waals surface area contributed by atoms with Crippen LogP contribution in [0.4, 0.5) is 0 Å². The number of ketones is 2. The van der Waals surface area contributed by atoms with E-state index in [1.807, 2.05) is 6.08 Å². The number of rotatable bonds is 4. The summed E-state index contributed by atoms with van der Waals surface area (Å²) in [4.78, 5) is 37.9. The second-order valence-corrected chi connectivity index (χ2v) is 11.7. The summed E-state index contributed by atoms with van der Waals surface area (Å²) in [5.41, 5.74) is -1.20. The number of aliphatic hydroxyl groups excluding tert-OH is 1. The predicted octanol–water partition coefficient (Wildman–Crippen LogP) is 3.14. The van der Waals surface area contributed by atoms with Gasteiger partial charge < -0.3 is 19.3 Å². The molecule has 186 valence electrons. The van der Waals surface area contributed by atoms with Gasteiger partial charge in [-0.1, -0.05) is 39.3 Å². The lowest BCUT2D eigenvalue weighted by Crippen LogP contribution is -2.63. The molecule has 1 aliphatic heterocycles. The quantitative estimate of drug-likeness (QED) is 0.628. The Balaban J connectivity index is 1.50. The van der Waals surface area contributed by atoms with Gasteiger partial charge in [0.15, 0.2) is 24.3 Å². The number of hydrogen-bond acceptors (Lipinski definition) is 7. The van der Waals surface area contributed by atoms with Crippen molar-refractivity contribution in [2.45, 2.75) is 84.4 Å². The lowest BCUT2D eigenvalue weighted by Gasteiger charge is -2.59. The Morgan fingerprint density at radius 2 is 2.03 bits per heavy atom. The Labute approximate surface area is 200 Å². The van der Waals surface area contributed by atoms with Crippen molar-refractivity contribution in [3.63, 3.8) is 0 Å². The molecule has 5 rings (SSSR count). The lowest BCUT2D eigenvalue weighted by atomic mass is 9.46. The molecular weight excluding hydrogens is 436 g/mol. The van der Waals surface area contributed by atoms with E-state index < -0.39 is 35.5 Å². The van der Waals surface area contributed by atoms with Gasteiger partial charge in [-0.15, -0.1) is 0 Å². The first-order valence-electron chi connectivity index (χ1n) is 12.6. The van der Waals surface area contributed by atoms with E-state index in [0.717, 1.165) is 18.4 Å². The van der Waals surface area contributed by atoms with Gasteiger partial charge in [-0.2, -0.15) is 0 Å². The molecular formula is C27H36O7. The van der Waals surface area contributed by atoms with Crippen molar-refractivity contribution >= 4 is 17.5 Å². The largest absolute Gasteiger partial charge is 0.457 e. The molecule has 4 aliphatic carbocycles. The van der Waals surface area contributed by atoms with Crippen LogP contribution in [0.25, 0.3) is 0 Å². The average Bonchev–Trinajstić information content (AvgIpc) is 3.22. The fraction of sp³-hybridized carbons (Fsp3) is 0.741. The summed E-state index contributed by atoms with van der Waals surface area (Å²) in [6, 6.07) is 0. The van der Waals surface area contributed by atoms with Gasteiger partial charge in [-0.05, 0) is 56.6 Å². The second kappa shape index (κ2) is 7.84. The number of allylic oxidation sites excluding steroid dienone is 4. The molecule has 9 atom stereocenters. The molecule has 0 aromatic rings. The van der Waals surface area contributed by atoms with Crippen LogP contribution >= 0.6 is 0 Å². The molecule has 0 bridgehead atoms. The number of ether oxygens (including phenoxy) is 3. The molecule has 1 saturated heterocycles. The van der Waals surface area contributed by atoms with E-state index in [2.05, 4.69) is 13.8 Å². The van der Waals surface area contributed by atoms with Crippen LogP contribution < -0.4 is 0 Å². The van der Waals surface area contributed by atoms with Crippen molar-refractivity contribution in [2.24, 2.45) is 34.5 Å². The van der Waals surface area contributed by atoms with E-state index in [-0.39, 0.29) is 47.3 Å². The first-order chi connectivity index (χ1) is 15.9.